The first-order valence-corrected chi connectivity index (χ1v) is 11.9. The van der Waals surface area contributed by atoms with E-state index in [1.54, 1.807) is 0 Å². The van der Waals surface area contributed by atoms with Gasteiger partial charge in [-0.2, -0.15) is 0 Å². The maximum Gasteiger partial charge on any atom is 0.224 e. The zero-order valence-corrected chi connectivity index (χ0v) is 19.6. The van der Waals surface area contributed by atoms with Crippen LogP contribution in [0.3, 0.4) is 0 Å². The van der Waals surface area contributed by atoms with Crippen LogP contribution in [0.1, 0.15) is 31.0 Å². The normalized spacial score (nSPS) is 24.1. The Morgan fingerprint density at radius 3 is 2.67 bits per heavy atom. The molecule has 2 aromatic rings. The van der Waals surface area contributed by atoms with Crippen LogP contribution >= 0.6 is 0 Å². The van der Waals surface area contributed by atoms with E-state index in [2.05, 4.69) is 68.3 Å². The van der Waals surface area contributed by atoms with E-state index in [1.807, 2.05) is 10.7 Å². The number of piperidine rings is 3. The summed E-state index contributed by atoms with van der Waals surface area (Å²) in [4.78, 5) is 28.3. The first kappa shape index (κ1) is 23.4. The molecule has 9 nitrogen and oxygen atoms in total. The Balaban J connectivity index is 1.24. The highest BCUT2D eigenvalue weighted by molar-refractivity contribution is 5.79. The van der Waals surface area contributed by atoms with E-state index in [9.17, 15) is 9.59 Å². The number of benzene rings is 1. The van der Waals surface area contributed by atoms with Gasteiger partial charge >= 0.3 is 0 Å². The summed E-state index contributed by atoms with van der Waals surface area (Å²) in [6, 6.07) is 10.8. The maximum absolute atomic E-state index is 12.7. The number of nitrogens with zero attached hydrogens (tertiary/aromatic N) is 5. The van der Waals surface area contributed by atoms with E-state index in [0.29, 0.717) is 25.0 Å². The molecule has 4 atom stereocenters. The van der Waals surface area contributed by atoms with Gasteiger partial charge < -0.3 is 10.6 Å². The van der Waals surface area contributed by atoms with E-state index < -0.39 is 0 Å². The lowest BCUT2D eigenvalue weighted by molar-refractivity contribution is -0.133. The fraction of sp³-hybridized carbons (Fsp3) is 0.583. The summed E-state index contributed by atoms with van der Waals surface area (Å²) in [5, 5.41) is 14.5. The highest BCUT2D eigenvalue weighted by Crippen LogP contribution is 2.36. The van der Waals surface area contributed by atoms with E-state index in [-0.39, 0.29) is 17.7 Å². The molecule has 3 saturated heterocycles. The second kappa shape index (κ2) is 10.9. The molecular formula is C24H35N7O2. The number of amides is 2. The SMILES string of the molecule is CC(=O)NCCNC(=O)C1CN2CCC1CC2Cn1cc(CN(C)Cc2ccccc2)nn1. The lowest BCUT2D eigenvalue weighted by Crippen LogP contribution is -2.58. The first-order valence-electron chi connectivity index (χ1n) is 11.9. The third kappa shape index (κ3) is 6.39. The fourth-order valence-electron chi connectivity index (χ4n) is 5.12. The second-order valence-corrected chi connectivity index (χ2v) is 9.40. The summed E-state index contributed by atoms with van der Waals surface area (Å²) in [5.41, 5.74) is 2.26. The van der Waals surface area contributed by atoms with Gasteiger partial charge in [0, 0.05) is 51.9 Å². The summed E-state index contributed by atoms with van der Waals surface area (Å²) >= 11 is 0. The molecule has 9 heteroatoms. The van der Waals surface area contributed by atoms with Crippen molar-refractivity contribution in [3.05, 3.63) is 47.8 Å². The fourth-order valence-corrected chi connectivity index (χ4v) is 5.12. The van der Waals surface area contributed by atoms with Crippen molar-refractivity contribution in [3.63, 3.8) is 0 Å². The minimum Gasteiger partial charge on any atom is -0.355 e. The molecule has 0 saturated carbocycles. The van der Waals surface area contributed by atoms with Gasteiger partial charge in [-0.1, -0.05) is 35.5 Å². The monoisotopic (exact) mass is 453 g/mol. The van der Waals surface area contributed by atoms with Crippen molar-refractivity contribution in [1.29, 1.82) is 0 Å². The molecule has 178 valence electrons. The topological polar surface area (TPSA) is 95.4 Å². The number of rotatable bonds is 10. The predicted molar refractivity (Wildman–Crippen MR) is 125 cm³/mol. The Morgan fingerprint density at radius 2 is 1.94 bits per heavy atom. The van der Waals surface area contributed by atoms with Crippen molar-refractivity contribution >= 4 is 11.8 Å². The van der Waals surface area contributed by atoms with Gasteiger partial charge in [0.15, 0.2) is 0 Å². The molecule has 2 N–H and O–H groups in total. The van der Waals surface area contributed by atoms with Crippen LogP contribution in [-0.4, -0.2) is 75.9 Å². The van der Waals surface area contributed by atoms with Gasteiger partial charge in [-0.25, -0.2) is 0 Å². The Morgan fingerprint density at radius 1 is 1.15 bits per heavy atom. The third-order valence-corrected chi connectivity index (χ3v) is 6.72. The zero-order valence-electron chi connectivity index (χ0n) is 19.6. The average molecular weight is 454 g/mol. The Labute approximate surface area is 195 Å². The van der Waals surface area contributed by atoms with Gasteiger partial charge in [0.2, 0.25) is 11.8 Å². The largest absolute Gasteiger partial charge is 0.355 e. The first-order chi connectivity index (χ1) is 16.0. The van der Waals surface area contributed by atoms with Crippen molar-refractivity contribution < 1.29 is 9.59 Å². The quantitative estimate of drug-likeness (QED) is 0.519. The number of aromatic nitrogens is 3. The van der Waals surface area contributed by atoms with Gasteiger partial charge in [-0.15, -0.1) is 5.10 Å². The van der Waals surface area contributed by atoms with Gasteiger partial charge in [0.1, 0.15) is 0 Å². The summed E-state index contributed by atoms with van der Waals surface area (Å²) in [6.07, 6.45) is 4.12. The molecule has 2 bridgehead atoms. The van der Waals surface area contributed by atoms with E-state index >= 15 is 0 Å². The Hall–Kier alpha value is -2.78. The number of fused-ring (bicyclic) bond motifs is 3. The molecule has 0 spiro atoms. The molecule has 0 aliphatic carbocycles. The van der Waals surface area contributed by atoms with Gasteiger partial charge in [-0.05, 0) is 37.9 Å². The maximum atomic E-state index is 12.7. The van der Waals surface area contributed by atoms with Crippen LogP contribution in [0.2, 0.25) is 0 Å². The zero-order chi connectivity index (χ0) is 23.2. The van der Waals surface area contributed by atoms with Crippen molar-refractivity contribution in [2.45, 2.75) is 45.4 Å². The molecule has 33 heavy (non-hydrogen) atoms. The van der Waals surface area contributed by atoms with Crippen LogP contribution in [0.4, 0.5) is 0 Å². The lowest BCUT2D eigenvalue weighted by atomic mass is 9.75. The third-order valence-electron chi connectivity index (χ3n) is 6.72. The van der Waals surface area contributed by atoms with Crippen LogP contribution in [0.5, 0.6) is 0 Å². The summed E-state index contributed by atoms with van der Waals surface area (Å²) in [7, 11) is 2.10. The number of nitrogens with one attached hydrogen (secondary N) is 2. The van der Waals surface area contributed by atoms with Crippen LogP contribution in [-0.2, 0) is 29.2 Å². The van der Waals surface area contributed by atoms with Crippen LogP contribution < -0.4 is 10.6 Å². The van der Waals surface area contributed by atoms with Crippen LogP contribution in [0.25, 0.3) is 0 Å². The number of hydrogen-bond donors (Lipinski definition) is 2. The summed E-state index contributed by atoms with van der Waals surface area (Å²) < 4.78 is 1.96. The molecule has 2 amide bonds. The molecule has 4 unspecified atom stereocenters. The lowest BCUT2D eigenvalue weighted by Gasteiger charge is -2.49. The molecule has 0 radical (unpaired) electrons. The molecule has 3 aliphatic heterocycles. The summed E-state index contributed by atoms with van der Waals surface area (Å²) in [5.74, 6) is 0.470. The van der Waals surface area contributed by atoms with Gasteiger partial charge in [0.25, 0.3) is 0 Å². The van der Waals surface area contributed by atoms with E-state index in [4.69, 9.17) is 0 Å². The molecule has 5 rings (SSSR count). The van der Waals surface area contributed by atoms with E-state index in [0.717, 1.165) is 51.3 Å². The van der Waals surface area contributed by atoms with Crippen molar-refractivity contribution in [3.8, 4) is 0 Å². The highest BCUT2D eigenvalue weighted by Gasteiger charge is 2.43. The highest BCUT2D eigenvalue weighted by atomic mass is 16.2. The van der Waals surface area contributed by atoms with Gasteiger partial charge in [-0.3, -0.25) is 24.1 Å². The Bertz CT molecular complexity index is 932. The number of carbonyl (C=O) groups excluding carboxylic acids is 2. The minimum absolute atomic E-state index is 0.0327. The van der Waals surface area contributed by atoms with E-state index in [1.165, 1.54) is 12.5 Å². The summed E-state index contributed by atoms with van der Waals surface area (Å²) in [6.45, 7) is 6.70. The molecular weight excluding hydrogens is 418 g/mol. The standard InChI is InChI=1S/C24H35N7O2/c1-18(32)25-9-10-26-24(33)23-17-30-11-8-20(23)12-22(30)16-31-15-21(27-28-31)14-29(2)13-19-6-4-3-5-7-19/h3-7,15,20,22-23H,8-14,16-17H2,1-2H3,(H,25,32)(H,26,33). The molecule has 1 aromatic heterocycles. The average Bonchev–Trinajstić information content (AvgIpc) is 3.24. The van der Waals surface area contributed by atoms with Crippen molar-refractivity contribution in [1.82, 2.24) is 35.4 Å². The predicted octanol–water partition coefficient (Wildman–Crippen LogP) is 0.873. The van der Waals surface area contributed by atoms with Crippen LogP contribution in [0, 0.1) is 11.8 Å². The molecule has 4 heterocycles. The molecule has 3 fully saturated rings. The van der Waals surface area contributed by atoms with Crippen molar-refractivity contribution in [2.24, 2.45) is 11.8 Å². The molecule has 1 aromatic carbocycles. The number of carbonyl (C=O) groups is 2. The van der Waals surface area contributed by atoms with Crippen LogP contribution in [0.15, 0.2) is 36.5 Å². The van der Waals surface area contributed by atoms with Crippen molar-refractivity contribution in [2.75, 3.05) is 33.2 Å². The smallest absolute Gasteiger partial charge is 0.224 e. The Kier molecular flexibility index (Phi) is 7.72. The minimum atomic E-state index is -0.0750. The van der Waals surface area contributed by atoms with Gasteiger partial charge in [0.05, 0.1) is 18.2 Å². The molecule has 3 aliphatic rings. The second-order valence-electron chi connectivity index (χ2n) is 9.40. The number of hydrogen-bond acceptors (Lipinski definition) is 6.